The van der Waals surface area contributed by atoms with Crippen LogP contribution in [0.3, 0.4) is 0 Å². The maximum absolute atomic E-state index is 10.4. The first-order valence-corrected chi connectivity index (χ1v) is 6.83. The molecule has 2 aromatic carbocycles. The average molecular weight is 292 g/mol. The lowest BCUT2D eigenvalue weighted by Crippen LogP contribution is -2.35. The van der Waals surface area contributed by atoms with Crippen molar-refractivity contribution in [3.63, 3.8) is 0 Å². The topological polar surface area (TPSA) is 52.5 Å². The zero-order chi connectivity index (χ0) is 14.6. The molecule has 0 radical (unpaired) electrons. The van der Waals surface area contributed by atoms with Crippen molar-refractivity contribution in [3.8, 4) is 5.75 Å². The summed E-state index contributed by atoms with van der Waals surface area (Å²) in [7, 11) is 0. The van der Waals surface area contributed by atoms with Gasteiger partial charge in [0.25, 0.3) is 0 Å². The van der Waals surface area contributed by atoms with E-state index in [0.29, 0.717) is 23.7 Å². The van der Waals surface area contributed by atoms with E-state index < -0.39 is 5.60 Å². The summed E-state index contributed by atoms with van der Waals surface area (Å²) in [5.74, 6) is 0.0843. The zero-order valence-electron chi connectivity index (χ0n) is 11.3. The van der Waals surface area contributed by atoms with Gasteiger partial charge >= 0.3 is 0 Å². The molecule has 0 aliphatic carbocycles. The molecule has 1 atom stereocenters. The first kappa shape index (κ1) is 14.9. The minimum atomic E-state index is -0.963. The van der Waals surface area contributed by atoms with Crippen LogP contribution in [0.4, 0.5) is 0 Å². The molecule has 0 saturated carbocycles. The van der Waals surface area contributed by atoms with Gasteiger partial charge in [-0.15, -0.1) is 0 Å². The normalized spacial score (nSPS) is 13.9. The Hall–Kier alpha value is -1.55. The number of para-hydroxylation sites is 1. The van der Waals surface area contributed by atoms with Crippen molar-refractivity contribution in [1.29, 1.82) is 0 Å². The molecular weight excluding hydrogens is 274 g/mol. The predicted octanol–water partition coefficient (Wildman–Crippen LogP) is 3.04. The summed E-state index contributed by atoms with van der Waals surface area (Å²) >= 11 is 5.85. The summed E-state index contributed by atoms with van der Waals surface area (Å²) < 4.78 is 0. The smallest absolute Gasteiger partial charge is 0.138 e. The molecule has 0 amide bonds. The highest BCUT2D eigenvalue weighted by Gasteiger charge is 2.22. The summed E-state index contributed by atoms with van der Waals surface area (Å²) in [5, 5.41) is 23.7. The number of benzene rings is 2. The van der Waals surface area contributed by atoms with Gasteiger partial charge in [0.15, 0.2) is 0 Å². The third kappa shape index (κ3) is 3.51. The van der Waals surface area contributed by atoms with Crippen LogP contribution in [0.1, 0.15) is 18.1 Å². The number of phenols is 1. The van der Waals surface area contributed by atoms with E-state index in [1.165, 1.54) is 0 Å². The second-order valence-corrected chi connectivity index (χ2v) is 5.40. The van der Waals surface area contributed by atoms with Crippen LogP contribution in [-0.2, 0) is 12.1 Å². The Morgan fingerprint density at radius 1 is 1.10 bits per heavy atom. The van der Waals surface area contributed by atoms with E-state index >= 15 is 0 Å². The lowest BCUT2D eigenvalue weighted by molar-refractivity contribution is 0.0566. The van der Waals surface area contributed by atoms with Gasteiger partial charge in [-0.1, -0.05) is 54.1 Å². The van der Waals surface area contributed by atoms with Crippen LogP contribution in [0.5, 0.6) is 5.75 Å². The molecule has 3 N–H and O–H groups in total. The fourth-order valence-corrected chi connectivity index (χ4v) is 2.24. The highest BCUT2D eigenvalue weighted by molar-refractivity contribution is 6.32. The van der Waals surface area contributed by atoms with Crippen LogP contribution in [0, 0.1) is 0 Å². The molecule has 2 rings (SSSR count). The van der Waals surface area contributed by atoms with Crippen molar-refractivity contribution >= 4 is 11.6 Å². The third-order valence-electron chi connectivity index (χ3n) is 3.25. The van der Waals surface area contributed by atoms with E-state index in [9.17, 15) is 10.2 Å². The van der Waals surface area contributed by atoms with Crippen LogP contribution < -0.4 is 5.32 Å². The molecule has 4 heteroatoms. The van der Waals surface area contributed by atoms with Crippen molar-refractivity contribution in [2.75, 3.05) is 6.54 Å². The maximum atomic E-state index is 10.4. The van der Waals surface area contributed by atoms with Crippen molar-refractivity contribution in [1.82, 2.24) is 5.32 Å². The Morgan fingerprint density at radius 3 is 2.50 bits per heavy atom. The Labute approximate surface area is 123 Å². The molecule has 0 spiro atoms. The molecule has 0 aliphatic rings. The van der Waals surface area contributed by atoms with Gasteiger partial charge in [0.1, 0.15) is 5.75 Å². The van der Waals surface area contributed by atoms with Crippen LogP contribution >= 0.6 is 11.6 Å². The van der Waals surface area contributed by atoms with Gasteiger partial charge < -0.3 is 15.5 Å². The fraction of sp³-hybridized carbons (Fsp3) is 0.250. The number of nitrogens with one attached hydrogen (secondary N) is 1. The SMILES string of the molecule is CC(O)(CNCc1cccc(Cl)c1O)c1ccccc1. The number of hydrogen-bond acceptors (Lipinski definition) is 3. The van der Waals surface area contributed by atoms with Gasteiger partial charge in [-0.25, -0.2) is 0 Å². The standard InChI is InChI=1S/C16H18ClNO2/c1-16(20,13-7-3-2-4-8-13)11-18-10-12-6-5-9-14(17)15(12)19/h2-9,18-20H,10-11H2,1H3. The van der Waals surface area contributed by atoms with E-state index in [0.717, 1.165) is 5.56 Å². The molecular formula is C16H18ClNO2. The lowest BCUT2D eigenvalue weighted by atomic mass is 9.96. The molecule has 0 aromatic heterocycles. The largest absolute Gasteiger partial charge is 0.506 e. The number of halogens is 1. The van der Waals surface area contributed by atoms with E-state index in [1.54, 1.807) is 25.1 Å². The van der Waals surface area contributed by atoms with Crippen LogP contribution in [0.25, 0.3) is 0 Å². The van der Waals surface area contributed by atoms with Gasteiger partial charge in [-0.2, -0.15) is 0 Å². The monoisotopic (exact) mass is 291 g/mol. The van der Waals surface area contributed by atoms with Crippen molar-refractivity contribution in [2.45, 2.75) is 19.1 Å². The van der Waals surface area contributed by atoms with Crippen molar-refractivity contribution in [3.05, 3.63) is 64.7 Å². The Balaban J connectivity index is 1.97. The molecule has 0 aliphatic heterocycles. The summed E-state index contributed by atoms with van der Waals surface area (Å²) in [6.45, 7) is 2.57. The Bertz CT molecular complexity index is 570. The molecule has 0 bridgehead atoms. The summed E-state index contributed by atoms with van der Waals surface area (Å²) in [5.41, 5.74) is 0.597. The van der Waals surface area contributed by atoms with E-state index in [4.69, 9.17) is 11.6 Å². The maximum Gasteiger partial charge on any atom is 0.138 e. The van der Waals surface area contributed by atoms with Crippen LogP contribution in [0.2, 0.25) is 5.02 Å². The molecule has 0 fully saturated rings. The molecule has 3 nitrogen and oxygen atoms in total. The van der Waals surface area contributed by atoms with Gasteiger partial charge in [-0.3, -0.25) is 0 Å². The van der Waals surface area contributed by atoms with E-state index in [2.05, 4.69) is 5.32 Å². The minimum Gasteiger partial charge on any atom is -0.506 e. The van der Waals surface area contributed by atoms with Gasteiger partial charge in [0.2, 0.25) is 0 Å². The minimum absolute atomic E-state index is 0.0843. The number of hydrogen-bond donors (Lipinski definition) is 3. The fourth-order valence-electron chi connectivity index (χ4n) is 2.04. The summed E-state index contributed by atoms with van der Waals surface area (Å²) in [6.07, 6.45) is 0. The van der Waals surface area contributed by atoms with E-state index in [1.807, 2.05) is 30.3 Å². The summed E-state index contributed by atoms with van der Waals surface area (Å²) in [4.78, 5) is 0. The number of aliphatic hydroxyl groups is 1. The molecule has 0 heterocycles. The highest BCUT2D eigenvalue weighted by atomic mass is 35.5. The molecule has 0 saturated heterocycles. The van der Waals surface area contributed by atoms with Crippen molar-refractivity contribution < 1.29 is 10.2 Å². The number of rotatable bonds is 5. The molecule has 2 aromatic rings. The number of phenolic OH excluding ortho intramolecular Hbond substituents is 1. The quantitative estimate of drug-likeness (QED) is 0.794. The zero-order valence-corrected chi connectivity index (χ0v) is 12.1. The molecule has 1 unspecified atom stereocenters. The molecule has 20 heavy (non-hydrogen) atoms. The molecule has 106 valence electrons. The number of aromatic hydroxyl groups is 1. The highest BCUT2D eigenvalue weighted by Crippen LogP contribution is 2.27. The average Bonchev–Trinajstić information content (AvgIpc) is 2.44. The van der Waals surface area contributed by atoms with Crippen LogP contribution in [0.15, 0.2) is 48.5 Å². The van der Waals surface area contributed by atoms with Gasteiger partial charge in [-0.05, 0) is 18.6 Å². The lowest BCUT2D eigenvalue weighted by Gasteiger charge is -2.24. The second-order valence-electron chi connectivity index (χ2n) is 4.99. The predicted molar refractivity (Wildman–Crippen MR) is 80.8 cm³/mol. The Kier molecular flexibility index (Phi) is 4.65. The Morgan fingerprint density at radius 2 is 1.80 bits per heavy atom. The second kappa shape index (κ2) is 6.27. The third-order valence-corrected chi connectivity index (χ3v) is 3.56. The van der Waals surface area contributed by atoms with Crippen molar-refractivity contribution in [2.24, 2.45) is 0 Å². The van der Waals surface area contributed by atoms with Crippen LogP contribution in [-0.4, -0.2) is 16.8 Å². The van der Waals surface area contributed by atoms with Gasteiger partial charge in [0.05, 0.1) is 10.6 Å². The van der Waals surface area contributed by atoms with E-state index in [-0.39, 0.29) is 5.75 Å². The first-order valence-electron chi connectivity index (χ1n) is 6.46. The first-order chi connectivity index (χ1) is 9.50. The summed E-state index contributed by atoms with van der Waals surface area (Å²) in [6, 6.07) is 14.7. The van der Waals surface area contributed by atoms with Gasteiger partial charge in [0, 0.05) is 18.7 Å².